The van der Waals surface area contributed by atoms with Crippen LogP contribution in [-0.4, -0.2) is 49.7 Å². The number of nitrogens with one attached hydrogen (secondary N) is 1. The van der Waals surface area contributed by atoms with Gasteiger partial charge in [0.2, 0.25) is 0 Å². The number of anilines is 1. The van der Waals surface area contributed by atoms with Crippen molar-refractivity contribution >= 4 is 5.69 Å². The molecule has 0 aliphatic carbocycles. The molecule has 1 saturated heterocycles. The molecule has 0 saturated carbocycles. The van der Waals surface area contributed by atoms with Crippen molar-refractivity contribution in [2.75, 3.05) is 45.2 Å². The van der Waals surface area contributed by atoms with Crippen molar-refractivity contribution in [2.24, 2.45) is 0 Å². The first kappa shape index (κ1) is 17.0. The summed E-state index contributed by atoms with van der Waals surface area (Å²) in [6, 6.07) is 7.71. The zero-order valence-corrected chi connectivity index (χ0v) is 14.6. The van der Waals surface area contributed by atoms with E-state index >= 15 is 0 Å². The van der Waals surface area contributed by atoms with Crippen molar-refractivity contribution in [1.29, 1.82) is 0 Å². The zero-order valence-electron chi connectivity index (χ0n) is 14.6. The topological polar surface area (TPSA) is 23.4 Å². The molecule has 1 aliphatic heterocycles. The van der Waals surface area contributed by atoms with E-state index in [1.54, 1.807) is 6.07 Å². The monoisotopic (exact) mass is 330 g/mol. The second-order valence-electron chi connectivity index (χ2n) is 6.60. The summed E-state index contributed by atoms with van der Waals surface area (Å²) in [5, 5.41) is 3.05. The van der Waals surface area contributed by atoms with Gasteiger partial charge in [-0.25, -0.2) is 4.39 Å². The van der Waals surface area contributed by atoms with Gasteiger partial charge in [0, 0.05) is 51.7 Å². The van der Waals surface area contributed by atoms with Crippen LogP contribution in [0.3, 0.4) is 0 Å². The molecule has 1 N–H and O–H groups in total. The Balaban J connectivity index is 1.57. The lowest BCUT2D eigenvalue weighted by molar-refractivity contribution is 0.313. The van der Waals surface area contributed by atoms with Gasteiger partial charge in [0.1, 0.15) is 5.82 Å². The number of nitrogens with zero attached hydrogens (tertiary/aromatic N) is 3. The maximum atomic E-state index is 14.2. The molecule has 4 nitrogen and oxygen atoms in total. The molecule has 24 heavy (non-hydrogen) atoms. The van der Waals surface area contributed by atoms with E-state index < -0.39 is 0 Å². The van der Waals surface area contributed by atoms with Gasteiger partial charge in [0.15, 0.2) is 0 Å². The van der Waals surface area contributed by atoms with Crippen LogP contribution in [0.25, 0.3) is 0 Å². The maximum absolute atomic E-state index is 14.2. The van der Waals surface area contributed by atoms with Gasteiger partial charge in [-0.05, 0) is 43.8 Å². The van der Waals surface area contributed by atoms with Gasteiger partial charge in [0.05, 0.1) is 5.69 Å². The minimum atomic E-state index is -0.103. The summed E-state index contributed by atoms with van der Waals surface area (Å²) in [5.74, 6) is -0.103. The SMILES string of the molecule is CNCc1ccc(CCn2ccc(N3CCN(C)CC3)c2)c(F)c1. The number of hydrogen-bond acceptors (Lipinski definition) is 3. The minimum absolute atomic E-state index is 0.103. The minimum Gasteiger partial charge on any atom is -0.368 e. The van der Waals surface area contributed by atoms with Crippen LogP contribution in [0.5, 0.6) is 0 Å². The first-order valence-electron chi connectivity index (χ1n) is 8.67. The maximum Gasteiger partial charge on any atom is 0.126 e. The summed E-state index contributed by atoms with van der Waals surface area (Å²) in [6.45, 7) is 5.86. The van der Waals surface area contributed by atoms with Gasteiger partial charge in [-0.15, -0.1) is 0 Å². The molecule has 0 spiro atoms. The number of aryl methyl sites for hydroxylation is 2. The second-order valence-corrected chi connectivity index (χ2v) is 6.60. The van der Waals surface area contributed by atoms with Crippen LogP contribution >= 0.6 is 0 Å². The molecule has 5 heteroatoms. The first-order valence-corrected chi connectivity index (χ1v) is 8.67. The highest BCUT2D eigenvalue weighted by Crippen LogP contribution is 2.18. The molecule has 0 atom stereocenters. The van der Waals surface area contributed by atoms with E-state index in [0.29, 0.717) is 13.0 Å². The highest BCUT2D eigenvalue weighted by atomic mass is 19.1. The summed E-state index contributed by atoms with van der Waals surface area (Å²) in [7, 11) is 4.04. The number of benzene rings is 1. The molecular formula is C19H27FN4. The number of aromatic nitrogens is 1. The molecule has 1 aromatic carbocycles. The van der Waals surface area contributed by atoms with E-state index in [-0.39, 0.29) is 5.82 Å². The normalized spacial score (nSPS) is 15.9. The zero-order chi connectivity index (χ0) is 16.9. The van der Waals surface area contributed by atoms with Crippen LogP contribution in [0, 0.1) is 5.82 Å². The summed E-state index contributed by atoms with van der Waals surface area (Å²) in [5.41, 5.74) is 3.04. The number of hydrogen-bond donors (Lipinski definition) is 1. The van der Waals surface area contributed by atoms with Gasteiger partial charge >= 0.3 is 0 Å². The molecule has 1 aliphatic rings. The average Bonchev–Trinajstić information content (AvgIpc) is 3.04. The van der Waals surface area contributed by atoms with Crippen LogP contribution in [0.15, 0.2) is 36.7 Å². The van der Waals surface area contributed by atoms with Crippen LogP contribution < -0.4 is 10.2 Å². The lowest BCUT2D eigenvalue weighted by atomic mass is 10.1. The van der Waals surface area contributed by atoms with Crippen molar-refractivity contribution in [3.05, 3.63) is 53.6 Å². The van der Waals surface area contributed by atoms with E-state index in [4.69, 9.17) is 0 Å². The Bertz CT molecular complexity index is 659. The summed E-state index contributed by atoms with van der Waals surface area (Å²) in [4.78, 5) is 4.78. The lowest BCUT2D eigenvalue weighted by Gasteiger charge is -2.33. The van der Waals surface area contributed by atoms with Crippen LogP contribution in [0.4, 0.5) is 10.1 Å². The smallest absolute Gasteiger partial charge is 0.126 e. The molecule has 0 amide bonds. The Hall–Kier alpha value is -1.85. The summed E-state index contributed by atoms with van der Waals surface area (Å²) < 4.78 is 16.3. The molecule has 130 valence electrons. The summed E-state index contributed by atoms with van der Waals surface area (Å²) in [6.07, 6.45) is 4.99. The van der Waals surface area contributed by atoms with Crippen molar-refractivity contribution < 1.29 is 4.39 Å². The Labute approximate surface area is 143 Å². The van der Waals surface area contributed by atoms with Crippen molar-refractivity contribution in [3.8, 4) is 0 Å². The lowest BCUT2D eigenvalue weighted by Crippen LogP contribution is -2.44. The number of halogens is 1. The molecule has 0 unspecified atom stereocenters. The third-order valence-corrected chi connectivity index (χ3v) is 4.74. The predicted octanol–water partition coefficient (Wildman–Crippen LogP) is 2.34. The first-order chi connectivity index (χ1) is 11.7. The fraction of sp³-hybridized carbons (Fsp3) is 0.474. The molecule has 3 rings (SSSR count). The second kappa shape index (κ2) is 7.81. The fourth-order valence-corrected chi connectivity index (χ4v) is 3.18. The van der Waals surface area contributed by atoms with E-state index in [0.717, 1.165) is 43.9 Å². The fourth-order valence-electron chi connectivity index (χ4n) is 3.18. The number of likely N-dealkylation sites (N-methyl/N-ethyl adjacent to an activating group) is 1. The Morgan fingerprint density at radius 3 is 2.62 bits per heavy atom. The summed E-state index contributed by atoms with van der Waals surface area (Å²) >= 11 is 0. The number of rotatable bonds is 6. The van der Waals surface area contributed by atoms with Crippen molar-refractivity contribution in [3.63, 3.8) is 0 Å². The Kier molecular flexibility index (Phi) is 5.53. The molecule has 2 aromatic rings. The van der Waals surface area contributed by atoms with Crippen molar-refractivity contribution in [1.82, 2.24) is 14.8 Å². The Morgan fingerprint density at radius 1 is 1.12 bits per heavy atom. The third-order valence-electron chi connectivity index (χ3n) is 4.74. The van der Waals surface area contributed by atoms with Crippen LogP contribution in [0.2, 0.25) is 0 Å². The molecular weight excluding hydrogens is 303 g/mol. The third kappa shape index (κ3) is 4.16. The molecule has 1 aromatic heterocycles. The van der Waals surface area contributed by atoms with Crippen LogP contribution in [-0.2, 0) is 19.5 Å². The Morgan fingerprint density at radius 2 is 1.92 bits per heavy atom. The van der Waals surface area contributed by atoms with Crippen molar-refractivity contribution in [2.45, 2.75) is 19.5 Å². The van der Waals surface area contributed by atoms with E-state index in [9.17, 15) is 4.39 Å². The highest BCUT2D eigenvalue weighted by molar-refractivity contribution is 5.45. The highest BCUT2D eigenvalue weighted by Gasteiger charge is 2.15. The van der Waals surface area contributed by atoms with Gasteiger partial charge in [-0.2, -0.15) is 0 Å². The van der Waals surface area contributed by atoms with Gasteiger partial charge in [-0.1, -0.05) is 12.1 Å². The van der Waals surface area contributed by atoms with Crippen LogP contribution in [0.1, 0.15) is 11.1 Å². The van der Waals surface area contributed by atoms with E-state index in [2.05, 4.69) is 45.2 Å². The van der Waals surface area contributed by atoms with Gasteiger partial charge < -0.3 is 19.7 Å². The predicted molar refractivity (Wildman–Crippen MR) is 97.0 cm³/mol. The standard InChI is InChI=1S/C19H27FN4/c1-21-14-16-3-4-17(19(20)13-16)5-7-23-8-6-18(15-23)24-11-9-22(2)10-12-24/h3-4,6,8,13,15,21H,5,7,9-12,14H2,1-2H3. The van der Waals surface area contributed by atoms with Gasteiger partial charge in [-0.3, -0.25) is 0 Å². The van der Waals surface area contributed by atoms with Gasteiger partial charge in [0.25, 0.3) is 0 Å². The average molecular weight is 330 g/mol. The molecule has 2 heterocycles. The largest absolute Gasteiger partial charge is 0.368 e. The quantitative estimate of drug-likeness (QED) is 0.879. The molecule has 0 radical (unpaired) electrons. The number of piperazine rings is 1. The van der Waals surface area contributed by atoms with E-state index in [1.165, 1.54) is 5.69 Å². The molecule has 0 bridgehead atoms. The van der Waals surface area contributed by atoms with E-state index in [1.807, 2.05) is 19.2 Å². The molecule has 1 fully saturated rings.